The summed E-state index contributed by atoms with van der Waals surface area (Å²) < 4.78 is 0. The van der Waals surface area contributed by atoms with Crippen molar-refractivity contribution in [2.75, 3.05) is 0 Å². The van der Waals surface area contributed by atoms with E-state index in [0.717, 1.165) is 0 Å². The number of hydrogen-bond donors (Lipinski definition) is 0. The monoisotopic (exact) mass is 133 g/mol. The predicted molar refractivity (Wildman–Crippen MR) is 23.6 cm³/mol. The van der Waals surface area contributed by atoms with E-state index in [1.54, 1.807) is 0 Å². The zero-order valence-corrected chi connectivity index (χ0v) is 7.18. The molecule has 0 aromatic carbocycles. The molecule has 1 rings (SSSR count). The third-order valence-corrected chi connectivity index (χ3v) is 1.32. The molecule has 4 heteroatoms. The Morgan fingerprint density at radius 1 is 1.67 bits per heavy atom. The fraction of sp³-hybridized carbons (Fsp3) is 0.600. The van der Waals surface area contributed by atoms with Gasteiger partial charge in [-0.1, -0.05) is 0 Å². The quantitative estimate of drug-likeness (QED) is 0.272. The van der Waals surface area contributed by atoms with E-state index in [1.165, 1.54) is 0 Å². The summed E-state index contributed by atoms with van der Waals surface area (Å²) in [6.45, 7) is 6.40. The van der Waals surface area contributed by atoms with Crippen LogP contribution in [0.3, 0.4) is 0 Å². The number of aliphatic carboxylic acids is 1. The maximum Gasteiger partial charge on any atom is 1.00 e. The maximum absolute atomic E-state index is 9.99. The first-order chi connectivity index (χ1) is 3.71. The standard InChI is InChI=1S/C5H5NO2.Na/c1-6-5(2-3-5)4(7)8;/h2-3H2,(H,7,8);/q;+1/p-1. The Bertz CT molecular complexity index is 168. The van der Waals surface area contributed by atoms with Crippen molar-refractivity contribution in [2.45, 2.75) is 18.4 Å². The van der Waals surface area contributed by atoms with E-state index < -0.39 is 11.5 Å². The van der Waals surface area contributed by atoms with Gasteiger partial charge in [0.05, 0.1) is 0 Å². The number of carbonyl (C=O) groups excluding carboxylic acids is 1. The van der Waals surface area contributed by atoms with Gasteiger partial charge in [0.25, 0.3) is 5.54 Å². The number of carbonyl (C=O) groups is 1. The summed E-state index contributed by atoms with van der Waals surface area (Å²) in [7, 11) is 0. The van der Waals surface area contributed by atoms with Crippen LogP contribution in [0.4, 0.5) is 0 Å². The van der Waals surface area contributed by atoms with Crippen LogP contribution in [0, 0.1) is 6.57 Å². The Kier molecular flexibility index (Phi) is 2.68. The van der Waals surface area contributed by atoms with E-state index in [0.29, 0.717) is 12.8 Å². The largest absolute Gasteiger partial charge is 1.00 e. The van der Waals surface area contributed by atoms with Crippen LogP contribution in [0.5, 0.6) is 0 Å². The molecule has 0 atom stereocenters. The fourth-order valence-corrected chi connectivity index (χ4v) is 0.480. The molecule has 1 saturated carbocycles. The molecule has 0 amide bonds. The van der Waals surface area contributed by atoms with Gasteiger partial charge in [-0.15, -0.1) is 0 Å². The molecule has 0 unspecified atom stereocenters. The van der Waals surface area contributed by atoms with Crippen molar-refractivity contribution in [3.05, 3.63) is 11.4 Å². The summed E-state index contributed by atoms with van der Waals surface area (Å²) in [5.74, 6) is -1.22. The Morgan fingerprint density at radius 2 is 2.11 bits per heavy atom. The first kappa shape index (κ1) is 8.96. The van der Waals surface area contributed by atoms with Crippen LogP contribution < -0.4 is 34.7 Å². The Morgan fingerprint density at radius 3 is 2.11 bits per heavy atom. The van der Waals surface area contributed by atoms with Gasteiger partial charge in [0.1, 0.15) is 5.97 Å². The number of rotatable bonds is 1. The van der Waals surface area contributed by atoms with Crippen LogP contribution in [-0.4, -0.2) is 11.5 Å². The van der Waals surface area contributed by atoms with Gasteiger partial charge in [0.15, 0.2) is 0 Å². The third-order valence-electron chi connectivity index (χ3n) is 1.32. The van der Waals surface area contributed by atoms with E-state index in [-0.39, 0.29) is 29.6 Å². The van der Waals surface area contributed by atoms with Crippen LogP contribution in [0.2, 0.25) is 0 Å². The second-order valence-electron chi connectivity index (χ2n) is 1.93. The van der Waals surface area contributed by atoms with Crippen molar-refractivity contribution in [1.29, 1.82) is 0 Å². The summed E-state index contributed by atoms with van der Waals surface area (Å²) in [4.78, 5) is 12.9. The van der Waals surface area contributed by atoms with Crippen molar-refractivity contribution in [3.63, 3.8) is 0 Å². The summed E-state index contributed by atoms with van der Waals surface area (Å²) in [5.41, 5.74) is -1.11. The summed E-state index contributed by atoms with van der Waals surface area (Å²) >= 11 is 0. The molecular formula is C5H4NNaO2. The molecule has 0 aliphatic heterocycles. The SMILES string of the molecule is [C-]#[N+]C1(C(=O)[O-])CC1.[Na+]. The van der Waals surface area contributed by atoms with Gasteiger partial charge in [-0.25, -0.2) is 6.57 Å². The smallest absolute Gasteiger partial charge is 0.542 e. The molecule has 42 valence electrons. The first-order valence-corrected chi connectivity index (χ1v) is 2.31. The number of nitrogens with zero attached hydrogens (tertiary/aromatic N) is 1. The Hall–Kier alpha value is -0.0400. The minimum absolute atomic E-state index is 0. The van der Waals surface area contributed by atoms with E-state index in [9.17, 15) is 9.90 Å². The van der Waals surface area contributed by atoms with E-state index >= 15 is 0 Å². The first-order valence-electron chi connectivity index (χ1n) is 2.31. The molecule has 0 heterocycles. The van der Waals surface area contributed by atoms with Crippen LogP contribution in [-0.2, 0) is 4.79 Å². The minimum atomic E-state index is -1.22. The average molecular weight is 133 g/mol. The molecule has 9 heavy (non-hydrogen) atoms. The van der Waals surface area contributed by atoms with Gasteiger partial charge < -0.3 is 14.7 Å². The second-order valence-corrected chi connectivity index (χ2v) is 1.93. The third kappa shape index (κ3) is 1.45. The van der Waals surface area contributed by atoms with Crippen molar-refractivity contribution < 1.29 is 39.5 Å². The van der Waals surface area contributed by atoms with Crippen LogP contribution in [0.1, 0.15) is 12.8 Å². The number of carboxylic acids is 1. The zero-order chi connectivity index (χ0) is 6.20. The summed E-state index contributed by atoms with van der Waals surface area (Å²) in [6, 6.07) is 0. The zero-order valence-electron chi connectivity index (χ0n) is 5.18. The van der Waals surface area contributed by atoms with Gasteiger partial charge in [-0.2, -0.15) is 0 Å². The van der Waals surface area contributed by atoms with Gasteiger partial charge >= 0.3 is 29.6 Å². The molecule has 0 aromatic heterocycles. The van der Waals surface area contributed by atoms with Crippen molar-refractivity contribution in [3.8, 4) is 0 Å². The molecule has 0 radical (unpaired) electrons. The van der Waals surface area contributed by atoms with Gasteiger partial charge in [0, 0.05) is 12.8 Å². The van der Waals surface area contributed by atoms with Gasteiger partial charge in [-0.3, -0.25) is 0 Å². The molecule has 0 spiro atoms. The Labute approximate surface area is 75.2 Å². The minimum Gasteiger partial charge on any atom is -0.542 e. The van der Waals surface area contributed by atoms with Crippen LogP contribution in [0.15, 0.2) is 0 Å². The van der Waals surface area contributed by atoms with Crippen molar-refractivity contribution in [1.82, 2.24) is 0 Å². The molecule has 1 aliphatic rings. The molecule has 3 nitrogen and oxygen atoms in total. The Balaban J connectivity index is 0.000000640. The fourth-order valence-electron chi connectivity index (χ4n) is 0.480. The summed E-state index contributed by atoms with van der Waals surface area (Å²) in [5, 5.41) is 9.99. The maximum atomic E-state index is 9.99. The average Bonchev–Trinajstić information content (AvgIpc) is 2.44. The number of hydrogen-bond acceptors (Lipinski definition) is 2. The molecule has 0 aromatic rings. The van der Waals surface area contributed by atoms with Crippen molar-refractivity contribution in [2.24, 2.45) is 0 Å². The second kappa shape index (κ2) is 2.70. The van der Waals surface area contributed by atoms with Gasteiger partial charge in [-0.05, 0) is 0 Å². The molecule has 1 aliphatic carbocycles. The topological polar surface area (TPSA) is 44.5 Å². The molecule has 0 N–H and O–H groups in total. The molecule has 1 fully saturated rings. The normalized spacial score (nSPS) is 19.0. The summed E-state index contributed by atoms with van der Waals surface area (Å²) in [6.07, 6.45) is 0.942. The molecule has 0 bridgehead atoms. The van der Waals surface area contributed by atoms with Crippen molar-refractivity contribution >= 4 is 5.97 Å². The van der Waals surface area contributed by atoms with E-state index in [1.807, 2.05) is 0 Å². The molecule has 0 saturated heterocycles. The predicted octanol–water partition coefficient (Wildman–Crippen LogP) is -3.81. The van der Waals surface area contributed by atoms with Crippen LogP contribution >= 0.6 is 0 Å². The van der Waals surface area contributed by atoms with E-state index in [2.05, 4.69) is 4.85 Å². The van der Waals surface area contributed by atoms with Crippen LogP contribution in [0.25, 0.3) is 4.85 Å². The molecular weight excluding hydrogens is 129 g/mol. The van der Waals surface area contributed by atoms with E-state index in [4.69, 9.17) is 6.57 Å². The number of carboxylic acid groups (broad SMARTS) is 1. The van der Waals surface area contributed by atoms with Gasteiger partial charge in [0.2, 0.25) is 0 Å².